The van der Waals surface area contributed by atoms with Crippen molar-refractivity contribution in [1.82, 2.24) is 9.80 Å². The van der Waals surface area contributed by atoms with Crippen molar-refractivity contribution in [3.63, 3.8) is 0 Å². The average Bonchev–Trinajstić information content (AvgIpc) is 3.44. The lowest BCUT2D eigenvalue weighted by atomic mass is 10.1. The number of hydrogen-bond acceptors (Lipinski definition) is 6. The Labute approximate surface area is 189 Å². The van der Waals surface area contributed by atoms with Gasteiger partial charge in [0.15, 0.2) is 11.5 Å². The predicted octanol–water partition coefficient (Wildman–Crippen LogP) is 3.72. The summed E-state index contributed by atoms with van der Waals surface area (Å²) in [6, 6.07) is 9.93. The number of ether oxygens (including phenoxy) is 2. The molecule has 1 atom stereocenters. The molecule has 1 fully saturated rings. The molecule has 2 aliphatic heterocycles. The largest absolute Gasteiger partial charge is 0.486 e. The minimum Gasteiger partial charge on any atom is -0.486 e. The Morgan fingerprint density at radius 1 is 1.23 bits per heavy atom. The number of nitrogens with zero attached hydrogens (tertiary/aromatic N) is 3. The van der Waals surface area contributed by atoms with Crippen LogP contribution in [-0.4, -0.2) is 68.7 Å². The summed E-state index contributed by atoms with van der Waals surface area (Å²) in [6.07, 6.45) is 2.34. The fraction of sp³-hybridized carbons (Fsp3) is 0.542. The Morgan fingerprint density at radius 2 is 2.06 bits per heavy atom. The highest BCUT2D eigenvalue weighted by Crippen LogP contribution is 2.35. The molecule has 1 amide bonds. The van der Waals surface area contributed by atoms with Gasteiger partial charge in [0.2, 0.25) is 5.91 Å². The Balaban J connectivity index is 1.44. The highest BCUT2D eigenvalue weighted by atomic mass is 32.1. The lowest BCUT2D eigenvalue weighted by Gasteiger charge is -2.27. The van der Waals surface area contributed by atoms with E-state index < -0.39 is 0 Å². The number of benzene rings is 1. The van der Waals surface area contributed by atoms with Gasteiger partial charge in [0.05, 0.1) is 13.1 Å². The van der Waals surface area contributed by atoms with Crippen LogP contribution >= 0.6 is 11.3 Å². The molecule has 0 saturated carbocycles. The second-order valence-corrected chi connectivity index (χ2v) is 9.57. The Kier molecular flexibility index (Phi) is 7.48. The van der Waals surface area contributed by atoms with Gasteiger partial charge >= 0.3 is 0 Å². The number of rotatable bonds is 9. The minimum atomic E-state index is 0.132. The average molecular weight is 444 g/mol. The second-order valence-electron chi connectivity index (χ2n) is 8.54. The molecular formula is C24H33N3O3S. The van der Waals surface area contributed by atoms with Gasteiger partial charge in [0.25, 0.3) is 0 Å². The van der Waals surface area contributed by atoms with Crippen LogP contribution in [0.4, 0.5) is 5.69 Å². The first-order valence-electron chi connectivity index (χ1n) is 11.3. The van der Waals surface area contributed by atoms with Gasteiger partial charge in [-0.2, -0.15) is 0 Å². The zero-order chi connectivity index (χ0) is 21.6. The third-order valence-corrected chi connectivity index (χ3v) is 6.80. The lowest BCUT2D eigenvalue weighted by molar-refractivity contribution is -0.119. The van der Waals surface area contributed by atoms with E-state index in [0.717, 1.165) is 44.0 Å². The molecule has 168 valence electrons. The van der Waals surface area contributed by atoms with Crippen LogP contribution < -0.4 is 14.4 Å². The van der Waals surface area contributed by atoms with Gasteiger partial charge in [-0.15, -0.1) is 11.3 Å². The van der Waals surface area contributed by atoms with Crippen molar-refractivity contribution in [1.29, 1.82) is 0 Å². The van der Waals surface area contributed by atoms with Gasteiger partial charge < -0.3 is 19.3 Å². The summed E-state index contributed by atoms with van der Waals surface area (Å²) in [5.41, 5.74) is 0.862. The maximum absolute atomic E-state index is 13.4. The third-order valence-electron chi connectivity index (χ3n) is 5.94. The van der Waals surface area contributed by atoms with Crippen molar-refractivity contribution in [3.05, 3.63) is 40.6 Å². The van der Waals surface area contributed by atoms with E-state index in [1.807, 2.05) is 29.2 Å². The van der Waals surface area contributed by atoms with Crippen molar-refractivity contribution >= 4 is 22.9 Å². The van der Waals surface area contributed by atoms with E-state index in [2.05, 4.69) is 35.2 Å². The van der Waals surface area contributed by atoms with Gasteiger partial charge in [-0.05, 0) is 62.5 Å². The topological polar surface area (TPSA) is 45.2 Å². The molecule has 2 aromatic rings. The number of amides is 1. The van der Waals surface area contributed by atoms with E-state index >= 15 is 0 Å². The molecule has 1 saturated heterocycles. The SMILES string of the molecule is CCCN(C)C[C@H]1CCN(CC(=O)N(Cc2cccs2)c2ccc3c(c2)OCCO3)C1. The molecule has 2 aliphatic rings. The number of thiophene rings is 1. The van der Waals surface area contributed by atoms with Gasteiger partial charge in [-0.3, -0.25) is 9.69 Å². The zero-order valence-electron chi connectivity index (χ0n) is 18.6. The molecule has 0 aliphatic carbocycles. The first-order chi connectivity index (χ1) is 15.1. The van der Waals surface area contributed by atoms with Gasteiger partial charge in [-0.25, -0.2) is 0 Å². The molecular weight excluding hydrogens is 410 g/mol. The fourth-order valence-electron chi connectivity index (χ4n) is 4.48. The van der Waals surface area contributed by atoms with Gasteiger partial charge in [-0.1, -0.05) is 13.0 Å². The van der Waals surface area contributed by atoms with Crippen molar-refractivity contribution in [2.45, 2.75) is 26.3 Å². The number of hydrogen-bond donors (Lipinski definition) is 0. The van der Waals surface area contributed by atoms with E-state index in [9.17, 15) is 4.79 Å². The van der Waals surface area contributed by atoms with E-state index in [-0.39, 0.29) is 5.91 Å². The molecule has 1 aromatic heterocycles. The molecule has 0 spiro atoms. The standard InChI is InChI=1S/C24H33N3O3S/c1-3-9-25(2)15-19-8-10-26(16-19)18-24(28)27(17-21-5-4-13-31-21)20-6-7-22-23(14-20)30-12-11-29-22/h4-7,13-14,19H,3,8-12,15-18H2,1-2H3/t19-/m1/s1. The van der Waals surface area contributed by atoms with Crippen molar-refractivity contribution < 1.29 is 14.3 Å². The number of fused-ring (bicyclic) bond motifs is 1. The molecule has 4 rings (SSSR count). The summed E-state index contributed by atoms with van der Waals surface area (Å²) >= 11 is 1.68. The summed E-state index contributed by atoms with van der Waals surface area (Å²) in [5.74, 6) is 2.24. The molecule has 0 N–H and O–H groups in total. The normalized spacial score (nSPS) is 18.5. The highest BCUT2D eigenvalue weighted by Gasteiger charge is 2.28. The fourth-order valence-corrected chi connectivity index (χ4v) is 5.17. The quantitative estimate of drug-likeness (QED) is 0.591. The van der Waals surface area contributed by atoms with E-state index in [4.69, 9.17) is 9.47 Å². The monoisotopic (exact) mass is 443 g/mol. The second kappa shape index (κ2) is 10.5. The van der Waals surface area contributed by atoms with Gasteiger partial charge in [0.1, 0.15) is 13.2 Å². The molecule has 6 nitrogen and oxygen atoms in total. The maximum atomic E-state index is 13.4. The predicted molar refractivity (Wildman–Crippen MR) is 125 cm³/mol. The molecule has 7 heteroatoms. The summed E-state index contributed by atoms with van der Waals surface area (Å²) in [4.78, 5) is 21.2. The number of anilines is 1. The first kappa shape index (κ1) is 22.1. The lowest BCUT2D eigenvalue weighted by Crippen LogP contribution is -2.39. The van der Waals surface area contributed by atoms with Crippen molar-refractivity contribution in [2.75, 3.05) is 57.9 Å². The van der Waals surface area contributed by atoms with Crippen molar-refractivity contribution in [3.8, 4) is 11.5 Å². The highest BCUT2D eigenvalue weighted by molar-refractivity contribution is 7.09. The molecule has 1 aromatic carbocycles. The molecule has 31 heavy (non-hydrogen) atoms. The summed E-state index contributed by atoms with van der Waals surface area (Å²) in [7, 11) is 2.20. The van der Waals surface area contributed by atoms with Crippen LogP contribution in [0.3, 0.4) is 0 Å². The number of carbonyl (C=O) groups is 1. The maximum Gasteiger partial charge on any atom is 0.241 e. The van der Waals surface area contributed by atoms with E-state index in [1.54, 1.807) is 11.3 Å². The summed E-state index contributed by atoms with van der Waals surface area (Å²) < 4.78 is 11.4. The van der Waals surface area contributed by atoms with Crippen LogP contribution in [0.15, 0.2) is 35.7 Å². The van der Waals surface area contributed by atoms with Crippen LogP contribution in [0.25, 0.3) is 0 Å². The minimum absolute atomic E-state index is 0.132. The molecule has 0 unspecified atom stereocenters. The number of likely N-dealkylation sites (tertiary alicyclic amines) is 1. The summed E-state index contributed by atoms with van der Waals surface area (Å²) in [5, 5.41) is 2.06. The van der Waals surface area contributed by atoms with Crippen molar-refractivity contribution in [2.24, 2.45) is 5.92 Å². The smallest absolute Gasteiger partial charge is 0.241 e. The molecule has 3 heterocycles. The third kappa shape index (κ3) is 5.79. The van der Waals surface area contributed by atoms with Crippen LogP contribution in [-0.2, 0) is 11.3 Å². The summed E-state index contributed by atoms with van der Waals surface area (Å²) in [6.45, 7) is 8.58. The van der Waals surface area contributed by atoms with Crippen LogP contribution in [0.5, 0.6) is 11.5 Å². The van der Waals surface area contributed by atoms with Crippen LogP contribution in [0, 0.1) is 5.92 Å². The van der Waals surface area contributed by atoms with Crippen LogP contribution in [0.1, 0.15) is 24.6 Å². The Hall–Kier alpha value is -2.09. The van der Waals surface area contributed by atoms with Gasteiger partial charge in [0, 0.05) is 29.7 Å². The zero-order valence-corrected chi connectivity index (χ0v) is 19.4. The van der Waals surface area contributed by atoms with E-state index in [1.165, 1.54) is 11.3 Å². The number of carbonyl (C=O) groups excluding carboxylic acids is 1. The first-order valence-corrected chi connectivity index (χ1v) is 12.1. The Morgan fingerprint density at radius 3 is 2.84 bits per heavy atom. The van der Waals surface area contributed by atoms with E-state index in [0.29, 0.717) is 38.0 Å². The molecule has 0 bridgehead atoms. The van der Waals surface area contributed by atoms with Crippen LogP contribution in [0.2, 0.25) is 0 Å². The Bertz CT molecular complexity index is 858. The molecule has 0 radical (unpaired) electrons.